The van der Waals surface area contributed by atoms with E-state index in [0.717, 1.165) is 0 Å². The van der Waals surface area contributed by atoms with Crippen molar-refractivity contribution in [2.75, 3.05) is 0 Å². The van der Waals surface area contributed by atoms with Crippen LogP contribution in [0.1, 0.15) is 20.3 Å². The van der Waals surface area contributed by atoms with E-state index in [1.54, 1.807) is 6.92 Å². The first kappa shape index (κ1) is 8.40. The van der Waals surface area contributed by atoms with Gasteiger partial charge in [-0.1, -0.05) is 6.92 Å². The molecule has 2 nitrogen and oxygen atoms in total. The molecule has 0 saturated carbocycles. The van der Waals surface area contributed by atoms with Crippen molar-refractivity contribution in [2.24, 2.45) is 0 Å². The molecular formula is C6H10BO2. The van der Waals surface area contributed by atoms with Crippen molar-refractivity contribution >= 4 is 18.7 Å². The minimum atomic E-state index is -0.0307. The molecule has 0 aromatic rings. The third-order valence-electron chi connectivity index (χ3n) is 1.01. The smallest absolute Gasteiger partial charge is 0.209 e. The van der Waals surface area contributed by atoms with Crippen molar-refractivity contribution in [3.05, 3.63) is 0 Å². The van der Waals surface area contributed by atoms with Crippen molar-refractivity contribution in [1.82, 2.24) is 0 Å². The van der Waals surface area contributed by atoms with E-state index in [4.69, 9.17) is 0 Å². The molecule has 0 fully saturated rings. The lowest BCUT2D eigenvalue weighted by atomic mass is 9.69. The van der Waals surface area contributed by atoms with Gasteiger partial charge in [-0.3, -0.25) is 0 Å². The van der Waals surface area contributed by atoms with Gasteiger partial charge in [0.2, 0.25) is 7.28 Å². The molecular weight excluding hydrogens is 115 g/mol. The van der Waals surface area contributed by atoms with Gasteiger partial charge in [0, 0.05) is 6.42 Å². The molecule has 0 amide bonds. The molecule has 49 valence electrons. The molecule has 0 aromatic carbocycles. The van der Waals surface area contributed by atoms with Crippen LogP contribution in [-0.2, 0) is 9.59 Å². The maximum Gasteiger partial charge on any atom is 0.209 e. The van der Waals surface area contributed by atoms with Crippen LogP contribution in [0.3, 0.4) is 0 Å². The van der Waals surface area contributed by atoms with Crippen LogP contribution < -0.4 is 0 Å². The second kappa shape index (κ2) is 4.30. The van der Waals surface area contributed by atoms with E-state index in [1.807, 2.05) is 0 Å². The van der Waals surface area contributed by atoms with Gasteiger partial charge in [-0.25, -0.2) is 0 Å². The van der Waals surface area contributed by atoms with Crippen LogP contribution in [0.5, 0.6) is 0 Å². The average Bonchev–Trinajstić information content (AvgIpc) is 1.83. The van der Waals surface area contributed by atoms with Crippen LogP contribution in [-0.4, -0.2) is 18.7 Å². The topological polar surface area (TPSA) is 34.1 Å². The lowest BCUT2D eigenvalue weighted by Crippen LogP contribution is -2.08. The highest BCUT2D eigenvalue weighted by atomic mass is 16.1. The molecule has 0 saturated heterocycles. The zero-order chi connectivity index (χ0) is 7.28. The Kier molecular flexibility index (Phi) is 4.02. The summed E-state index contributed by atoms with van der Waals surface area (Å²) in [5, 5.41) is 0. The molecule has 0 aliphatic carbocycles. The first-order valence-electron chi connectivity index (χ1n) is 3.02. The molecule has 0 aliphatic rings. The third-order valence-corrected chi connectivity index (χ3v) is 1.01. The predicted octanol–water partition coefficient (Wildman–Crippen LogP) is 0.635. The lowest BCUT2D eigenvalue weighted by molar-refractivity contribution is -0.117. The van der Waals surface area contributed by atoms with Gasteiger partial charge in [0.15, 0.2) is 0 Å². The summed E-state index contributed by atoms with van der Waals surface area (Å²) in [5.41, 5.74) is -0.0307. The van der Waals surface area contributed by atoms with Gasteiger partial charge in [0.25, 0.3) is 0 Å². The van der Waals surface area contributed by atoms with Gasteiger partial charge < -0.3 is 9.59 Å². The SMILES string of the molecule is CCC(=O)C[B]C(C)=O. The molecule has 0 rings (SSSR count). The molecule has 9 heavy (non-hydrogen) atoms. The van der Waals surface area contributed by atoms with Gasteiger partial charge in [0.05, 0.1) is 5.68 Å². The highest BCUT2D eigenvalue weighted by molar-refractivity contribution is 6.75. The molecule has 0 spiro atoms. The van der Waals surface area contributed by atoms with Gasteiger partial charge in [-0.05, 0) is 13.2 Å². The normalized spacial score (nSPS) is 8.67. The molecule has 3 heteroatoms. The largest absolute Gasteiger partial charge is 0.312 e. The van der Waals surface area contributed by atoms with Gasteiger partial charge in [0.1, 0.15) is 5.78 Å². The molecule has 0 heterocycles. The van der Waals surface area contributed by atoms with E-state index >= 15 is 0 Å². The summed E-state index contributed by atoms with van der Waals surface area (Å²) in [6, 6.07) is 0. The predicted molar refractivity (Wildman–Crippen MR) is 36.5 cm³/mol. The fourth-order valence-electron chi connectivity index (χ4n) is 0.402. The molecule has 1 radical (unpaired) electrons. The Labute approximate surface area is 55.9 Å². The fraction of sp³-hybridized carbons (Fsp3) is 0.667. The Morgan fingerprint density at radius 3 is 2.33 bits per heavy atom. The monoisotopic (exact) mass is 125 g/mol. The van der Waals surface area contributed by atoms with Crippen LogP contribution in [0, 0.1) is 0 Å². The minimum absolute atomic E-state index is 0.0307. The second-order valence-corrected chi connectivity index (χ2v) is 1.91. The van der Waals surface area contributed by atoms with Crippen molar-refractivity contribution < 1.29 is 9.59 Å². The van der Waals surface area contributed by atoms with E-state index in [1.165, 1.54) is 14.2 Å². The first-order valence-corrected chi connectivity index (χ1v) is 3.02. The summed E-state index contributed by atoms with van der Waals surface area (Å²) in [4.78, 5) is 20.8. The van der Waals surface area contributed by atoms with Crippen LogP contribution in [0.4, 0.5) is 0 Å². The molecule has 0 bridgehead atoms. The van der Waals surface area contributed by atoms with Crippen LogP contribution >= 0.6 is 0 Å². The van der Waals surface area contributed by atoms with Gasteiger partial charge >= 0.3 is 0 Å². The number of ketones is 1. The third kappa shape index (κ3) is 5.27. The standard InChI is InChI=1S/C6H10BO2/c1-3-6(9)4-7-5(2)8/h3-4H2,1-2H3. The van der Waals surface area contributed by atoms with E-state index in [9.17, 15) is 9.59 Å². The number of hydrogen-bond acceptors (Lipinski definition) is 2. The Morgan fingerprint density at radius 1 is 1.44 bits per heavy atom. The average molecular weight is 125 g/mol. The van der Waals surface area contributed by atoms with Crippen LogP contribution in [0.15, 0.2) is 0 Å². The zero-order valence-corrected chi connectivity index (χ0v) is 5.81. The van der Waals surface area contributed by atoms with E-state index in [2.05, 4.69) is 0 Å². The minimum Gasteiger partial charge on any atom is -0.312 e. The molecule has 0 N–H and O–H groups in total. The zero-order valence-electron chi connectivity index (χ0n) is 5.81. The highest BCUT2D eigenvalue weighted by Gasteiger charge is 2.01. The molecule has 0 atom stereocenters. The number of Topliss-reactive ketones (excluding diaryl/α,β-unsaturated/α-hetero) is 1. The Morgan fingerprint density at radius 2 is 2.00 bits per heavy atom. The van der Waals surface area contributed by atoms with Crippen molar-refractivity contribution in [1.29, 1.82) is 0 Å². The number of rotatable bonds is 4. The highest BCUT2D eigenvalue weighted by Crippen LogP contribution is 1.87. The molecule has 0 aliphatic heterocycles. The van der Waals surface area contributed by atoms with E-state index < -0.39 is 0 Å². The Hall–Kier alpha value is -0.595. The fourth-order valence-corrected chi connectivity index (χ4v) is 0.402. The summed E-state index contributed by atoms with van der Waals surface area (Å²) in [6.45, 7) is 3.24. The summed E-state index contributed by atoms with van der Waals surface area (Å²) in [7, 11) is 1.41. The maximum absolute atomic E-state index is 10.5. The van der Waals surface area contributed by atoms with Crippen molar-refractivity contribution in [2.45, 2.75) is 26.6 Å². The van der Waals surface area contributed by atoms with Crippen molar-refractivity contribution in [3.63, 3.8) is 0 Å². The summed E-state index contributed by atoms with van der Waals surface area (Å²) in [6.07, 6.45) is 0.815. The maximum atomic E-state index is 10.5. The van der Waals surface area contributed by atoms with Crippen molar-refractivity contribution in [3.8, 4) is 0 Å². The number of carbonyl (C=O) groups excluding carboxylic acids is 2. The van der Waals surface area contributed by atoms with Gasteiger partial charge in [-0.15, -0.1) is 0 Å². The number of hydrogen-bond donors (Lipinski definition) is 0. The van der Waals surface area contributed by atoms with Gasteiger partial charge in [-0.2, -0.15) is 0 Å². The second-order valence-electron chi connectivity index (χ2n) is 1.91. The van der Waals surface area contributed by atoms with Crippen LogP contribution in [0.2, 0.25) is 6.32 Å². The van der Waals surface area contributed by atoms with E-state index in [0.29, 0.717) is 12.7 Å². The van der Waals surface area contributed by atoms with E-state index in [-0.39, 0.29) is 11.5 Å². The summed E-state index contributed by atoms with van der Waals surface area (Å²) >= 11 is 0. The lowest BCUT2D eigenvalue weighted by Gasteiger charge is -1.89. The Balaban J connectivity index is 3.28. The molecule has 0 unspecified atom stereocenters. The van der Waals surface area contributed by atoms with Crippen LogP contribution in [0.25, 0.3) is 0 Å². The summed E-state index contributed by atoms with van der Waals surface area (Å²) < 4.78 is 0. The number of carbonyl (C=O) groups is 2. The molecule has 0 aromatic heterocycles. The quantitative estimate of drug-likeness (QED) is 0.516. The Bertz CT molecular complexity index is 120. The summed E-state index contributed by atoms with van der Waals surface area (Å²) in [5.74, 6) is 0.116. The first-order chi connectivity index (χ1) is 4.16.